The summed E-state index contributed by atoms with van der Waals surface area (Å²) in [5, 5.41) is 3.34. The fourth-order valence-corrected chi connectivity index (χ4v) is 2.41. The number of nitrogens with zero attached hydrogens (tertiary/aromatic N) is 3. The first-order valence-corrected chi connectivity index (χ1v) is 7.33. The molecule has 0 spiro atoms. The number of hydrogen-bond donors (Lipinski definition) is 1. The van der Waals surface area contributed by atoms with E-state index >= 15 is 0 Å². The van der Waals surface area contributed by atoms with E-state index < -0.39 is 0 Å². The third kappa shape index (κ3) is 3.49. The lowest BCUT2D eigenvalue weighted by atomic mass is 10.1. The lowest BCUT2D eigenvalue weighted by molar-refractivity contribution is 0.207. The van der Waals surface area contributed by atoms with Gasteiger partial charge in [-0.05, 0) is 18.6 Å². The van der Waals surface area contributed by atoms with E-state index in [2.05, 4.69) is 20.2 Å². The van der Waals surface area contributed by atoms with Crippen molar-refractivity contribution in [3.8, 4) is 6.01 Å². The molecule has 1 aromatic carbocycles. The normalized spacial score (nSPS) is 16.5. The van der Waals surface area contributed by atoms with Gasteiger partial charge in [0.05, 0.1) is 0 Å². The molecule has 3 rings (SSSR count). The van der Waals surface area contributed by atoms with Crippen molar-refractivity contribution in [3.05, 3.63) is 48.2 Å². The van der Waals surface area contributed by atoms with Crippen LogP contribution in [0.5, 0.6) is 6.01 Å². The van der Waals surface area contributed by atoms with E-state index in [1.54, 1.807) is 6.20 Å². The lowest BCUT2D eigenvalue weighted by Gasteiger charge is -2.28. The van der Waals surface area contributed by atoms with Gasteiger partial charge in [-0.15, -0.1) is 0 Å². The quantitative estimate of drug-likeness (QED) is 0.931. The molecule has 0 unspecified atom stereocenters. The van der Waals surface area contributed by atoms with Gasteiger partial charge in [-0.3, -0.25) is 0 Å². The van der Waals surface area contributed by atoms with Crippen molar-refractivity contribution < 1.29 is 4.74 Å². The number of rotatable bonds is 4. The second-order valence-corrected chi connectivity index (χ2v) is 5.11. The summed E-state index contributed by atoms with van der Waals surface area (Å²) in [7, 11) is 0. The first-order valence-electron chi connectivity index (χ1n) is 7.33. The van der Waals surface area contributed by atoms with Gasteiger partial charge in [0.1, 0.15) is 11.9 Å². The van der Waals surface area contributed by atoms with E-state index in [4.69, 9.17) is 4.74 Å². The zero-order chi connectivity index (χ0) is 14.5. The highest BCUT2D eigenvalue weighted by atomic mass is 16.5. The Morgan fingerprint density at radius 1 is 1.14 bits per heavy atom. The van der Waals surface area contributed by atoms with Gasteiger partial charge >= 0.3 is 6.01 Å². The average Bonchev–Trinajstić information content (AvgIpc) is 2.57. The highest BCUT2D eigenvalue weighted by Crippen LogP contribution is 2.20. The Labute approximate surface area is 125 Å². The molecule has 2 heterocycles. The first-order chi connectivity index (χ1) is 10.3. The summed E-state index contributed by atoms with van der Waals surface area (Å²) < 4.78 is 5.87. The second-order valence-electron chi connectivity index (χ2n) is 5.11. The van der Waals surface area contributed by atoms with Gasteiger partial charge in [0, 0.05) is 32.4 Å². The van der Waals surface area contributed by atoms with Gasteiger partial charge in [0.15, 0.2) is 0 Å². The Bertz CT molecular complexity index is 569. The van der Waals surface area contributed by atoms with Crippen LogP contribution >= 0.6 is 0 Å². The predicted molar refractivity (Wildman–Crippen MR) is 82.6 cm³/mol. The summed E-state index contributed by atoms with van der Waals surface area (Å²) in [6.07, 6.45) is 1.70. The summed E-state index contributed by atoms with van der Waals surface area (Å²) in [5.74, 6) is 0.932. The Balaban J connectivity index is 1.71. The molecule has 5 nitrogen and oxygen atoms in total. The number of aromatic nitrogens is 2. The average molecular weight is 284 g/mol. The molecule has 1 atom stereocenters. The van der Waals surface area contributed by atoms with Gasteiger partial charge < -0.3 is 15.0 Å². The number of piperazine rings is 1. The smallest absolute Gasteiger partial charge is 0.318 e. The predicted octanol–water partition coefficient (Wildman–Crippen LogP) is 2.03. The fourth-order valence-electron chi connectivity index (χ4n) is 2.41. The van der Waals surface area contributed by atoms with E-state index in [-0.39, 0.29) is 6.10 Å². The van der Waals surface area contributed by atoms with E-state index in [0.717, 1.165) is 37.6 Å². The van der Waals surface area contributed by atoms with Crippen LogP contribution in [0.15, 0.2) is 42.6 Å². The van der Waals surface area contributed by atoms with Crippen LogP contribution in [0, 0.1) is 0 Å². The van der Waals surface area contributed by atoms with Gasteiger partial charge in [-0.2, -0.15) is 4.98 Å². The highest BCUT2D eigenvalue weighted by molar-refractivity contribution is 5.39. The van der Waals surface area contributed by atoms with Crippen LogP contribution in [-0.2, 0) is 0 Å². The molecule has 0 aliphatic carbocycles. The Morgan fingerprint density at radius 2 is 1.90 bits per heavy atom. The van der Waals surface area contributed by atoms with Crippen molar-refractivity contribution >= 4 is 5.82 Å². The van der Waals surface area contributed by atoms with E-state index in [1.807, 2.05) is 43.3 Å². The standard InChI is InChI=1S/C16H20N4O/c1-13(14-5-3-2-4-6-14)21-16-18-8-7-15(19-16)20-11-9-17-10-12-20/h2-8,13,17H,9-12H2,1H3/t13-/m0/s1. The van der Waals surface area contributed by atoms with Crippen LogP contribution in [-0.4, -0.2) is 36.1 Å². The number of hydrogen-bond acceptors (Lipinski definition) is 5. The number of benzene rings is 1. The first kappa shape index (κ1) is 13.8. The molecule has 1 N–H and O–H groups in total. The zero-order valence-electron chi connectivity index (χ0n) is 12.2. The van der Waals surface area contributed by atoms with Crippen molar-refractivity contribution in [1.29, 1.82) is 0 Å². The maximum Gasteiger partial charge on any atom is 0.318 e. The second kappa shape index (κ2) is 6.54. The molecule has 1 aliphatic rings. The minimum atomic E-state index is -0.0653. The van der Waals surface area contributed by atoms with Crippen molar-refractivity contribution in [2.45, 2.75) is 13.0 Å². The molecule has 0 bridgehead atoms. The molecule has 0 radical (unpaired) electrons. The Kier molecular flexibility index (Phi) is 4.31. The van der Waals surface area contributed by atoms with Crippen molar-refractivity contribution in [3.63, 3.8) is 0 Å². The van der Waals surface area contributed by atoms with E-state index in [0.29, 0.717) is 6.01 Å². The van der Waals surface area contributed by atoms with Crippen LogP contribution in [0.4, 0.5) is 5.82 Å². The molecule has 21 heavy (non-hydrogen) atoms. The maximum absolute atomic E-state index is 5.87. The van der Waals surface area contributed by atoms with E-state index in [1.165, 1.54) is 0 Å². The minimum Gasteiger partial charge on any atom is -0.456 e. The van der Waals surface area contributed by atoms with Crippen LogP contribution < -0.4 is 15.0 Å². The molecule has 110 valence electrons. The number of ether oxygens (including phenoxy) is 1. The van der Waals surface area contributed by atoms with Crippen molar-refractivity contribution in [2.75, 3.05) is 31.1 Å². The molecular formula is C16H20N4O. The fraction of sp³-hybridized carbons (Fsp3) is 0.375. The highest BCUT2D eigenvalue weighted by Gasteiger charge is 2.14. The molecule has 1 fully saturated rings. The Morgan fingerprint density at radius 3 is 2.67 bits per heavy atom. The topological polar surface area (TPSA) is 50.3 Å². The zero-order valence-corrected chi connectivity index (χ0v) is 12.2. The molecule has 1 aliphatic heterocycles. The summed E-state index contributed by atoms with van der Waals surface area (Å²) in [5.41, 5.74) is 1.12. The SMILES string of the molecule is C[C@H](Oc1nccc(N2CCNCC2)n1)c1ccccc1. The van der Waals surface area contributed by atoms with Gasteiger partial charge in [0.25, 0.3) is 0 Å². The largest absolute Gasteiger partial charge is 0.456 e. The molecule has 1 saturated heterocycles. The monoisotopic (exact) mass is 284 g/mol. The summed E-state index contributed by atoms with van der Waals surface area (Å²) in [6, 6.07) is 12.5. The lowest BCUT2D eigenvalue weighted by Crippen LogP contribution is -2.43. The summed E-state index contributed by atoms with van der Waals surface area (Å²) >= 11 is 0. The van der Waals surface area contributed by atoms with Crippen molar-refractivity contribution in [2.24, 2.45) is 0 Å². The number of anilines is 1. The van der Waals surface area contributed by atoms with E-state index in [9.17, 15) is 0 Å². The molecule has 1 aromatic heterocycles. The van der Waals surface area contributed by atoms with Crippen LogP contribution in [0.25, 0.3) is 0 Å². The van der Waals surface area contributed by atoms with Gasteiger partial charge in [-0.1, -0.05) is 30.3 Å². The van der Waals surface area contributed by atoms with Gasteiger partial charge in [0.2, 0.25) is 0 Å². The summed E-state index contributed by atoms with van der Waals surface area (Å²) in [4.78, 5) is 11.0. The summed E-state index contributed by atoms with van der Waals surface area (Å²) in [6.45, 7) is 5.91. The minimum absolute atomic E-state index is 0.0653. The molecular weight excluding hydrogens is 264 g/mol. The van der Waals surface area contributed by atoms with Crippen LogP contribution in [0.1, 0.15) is 18.6 Å². The van der Waals surface area contributed by atoms with Crippen molar-refractivity contribution in [1.82, 2.24) is 15.3 Å². The molecule has 0 saturated carbocycles. The maximum atomic E-state index is 5.87. The molecule has 2 aromatic rings. The van der Waals surface area contributed by atoms with Gasteiger partial charge in [-0.25, -0.2) is 4.98 Å². The van der Waals surface area contributed by atoms with Crippen LogP contribution in [0.3, 0.4) is 0 Å². The molecule has 0 amide bonds. The third-order valence-corrected chi connectivity index (χ3v) is 3.61. The number of nitrogens with one attached hydrogen (secondary N) is 1. The Hall–Kier alpha value is -2.14. The third-order valence-electron chi connectivity index (χ3n) is 3.61. The van der Waals surface area contributed by atoms with Crippen LogP contribution in [0.2, 0.25) is 0 Å². The molecule has 5 heteroatoms.